The Morgan fingerprint density at radius 2 is 1.71 bits per heavy atom. The largest absolute Gasteiger partial charge is 0.479 e. The minimum absolute atomic E-state index is 0.0541. The van der Waals surface area contributed by atoms with Crippen molar-refractivity contribution in [1.29, 1.82) is 0 Å². The molecule has 0 fully saturated rings. The first-order valence-corrected chi connectivity index (χ1v) is 9.62. The number of ether oxygens (including phenoxy) is 1. The number of fused-ring (bicyclic) bond motifs is 3. The number of carboxylic acid groups (broad SMARTS) is 1. The van der Waals surface area contributed by atoms with Crippen molar-refractivity contribution in [2.45, 2.75) is 38.1 Å². The molecule has 0 aliphatic heterocycles. The van der Waals surface area contributed by atoms with Gasteiger partial charge in [0.2, 0.25) is 0 Å². The maximum atomic E-state index is 12.2. The number of allylic oxidation sites excluding steroid dienone is 1. The third-order valence-corrected chi connectivity index (χ3v) is 4.94. The van der Waals surface area contributed by atoms with Crippen LogP contribution in [0, 0.1) is 0 Å². The summed E-state index contributed by atoms with van der Waals surface area (Å²) in [6, 6.07) is 15.1. The van der Waals surface area contributed by atoms with Gasteiger partial charge in [-0.3, -0.25) is 0 Å². The molecule has 5 heteroatoms. The quantitative estimate of drug-likeness (QED) is 0.514. The molecule has 1 atom stereocenters. The van der Waals surface area contributed by atoms with Gasteiger partial charge < -0.3 is 15.2 Å². The van der Waals surface area contributed by atoms with Gasteiger partial charge in [-0.1, -0.05) is 80.4 Å². The molecule has 1 aliphatic carbocycles. The van der Waals surface area contributed by atoms with E-state index >= 15 is 0 Å². The van der Waals surface area contributed by atoms with Crippen LogP contribution < -0.4 is 5.32 Å². The van der Waals surface area contributed by atoms with Crippen LogP contribution >= 0.6 is 0 Å². The van der Waals surface area contributed by atoms with Gasteiger partial charge in [-0.05, 0) is 28.7 Å². The van der Waals surface area contributed by atoms with Crippen LogP contribution in [0.25, 0.3) is 11.1 Å². The Hall–Kier alpha value is -3.08. The van der Waals surface area contributed by atoms with Gasteiger partial charge in [0.15, 0.2) is 0 Å². The molecule has 1 aliphatic rings. The zero-order chi connectivity index (χ0) is 19.9. The molecule has 0 spiro atoms. The fourth-order valence-corrected chi connectivity index (χ4v) is 3.51. The van der Waals surface area contributed by atoms with Crippen molar-refractivity contribution < 1.29 is 19.4 Å². The number of rotatable bonds is 8. The Labute approximate surface area is 165 Å². The zero-order valence-corrected chi connectivity index (χ0v) is 15.9. The maximum absolute atomic E-state index is 12.2. The van der Waals surface area contributed by atoms with Crippen LogP contribution in [0.1, 0.15) is 43.2 Å². The van der Waals surface area contributed by atoms with Gasteiger partial charge >= 0.3 is 12.1 Å². The lowest BCUT2D eigenvalue weighted by Gasteiger charge is -2.16. The number of hydrogen-bond acceptors (Lipinski definition) is 3. The van der Waals surface area contributed by atoms with Gasteiger partial charge in [0.25, 0.3) is 0 Å². The summed E-state index contributed by atoms with van der Waals surface area (Å²) in [5.41, 5.74) is 4.53. The fraction of sp³-hybridized carbons (Fsp3) is 0.304. The van der Waals surface area contributed by atoms with Crippen LogP contribution in [0.5, 0.6) is 0 Å². The molecule has 0 radical (unpaired) electrons. The first kappa shape index (κ1) is 19.7. The Balaban J connectivity index is 1.64. The summed E-state index contributed by atoms with van der Waals surface area (Å²) in [6.45, 7) is 2.23. The van der Waals surface area contributed by atoms with Gasteiger partial charge in [0.05, 0.1) is 0 Å². The lowest BCUT2D eigenvalue weighted by Crippen LogP contribution is -2.40. The monoisotopic (exact) mass is 379 g/mol. The van der Waals surface area contributed by atoms with Crippen LogP contribution in [0.2, 0.25) is 0 Å². The highest BCUT2D eigenvalue weighted by molar-refractivity contribution is 5.82. The summed E-state index contributed by atoms with van der Waals surface area (Å²) in [4.78, 5) is 23.6. The summed E-state index contributed by atoms with van der Waals surface area (Å²) >= 11 is 0. The number of hydrogen-bond donors (Lipinski definition) is 2. The van der Waals surface area contributed by atoms with E-state index in [0.717, 1.165) is 41.5 Å². The molecular weight excluding hydrogens is 354 g/mol. The second kappa shape index (κ2) is 9.22. The van der Waals surface area contributed by atoms with E-state index in [1.54, 1.807) is 6.08 Å². The van der Waals surface area contributed by atoms with E-state index in [9.17, 15) is 14.7 Å². The number of carbonyl (C=O) groups is 2. The molecule has 28 heavy (non-hydrogen) atoms. The smallest absolute Gasteiger partial charge is 0.408 e. The Bertz CT molecular complexity index is 829. The number of amides is 1. The number of nitrogens with one attached hydrogen (secondary N) is 1. The lowest BCUT2D eigenvalue weighted by molar-refractivity contribution is -0.138. The third kappa shape index (κ3) is 4.42. The van der Waals surface area contributed by atoms with E-state index in [1.807, 2.05) is 36.4 Å². The van der Waals surface area contributed by atoms with Gasteiger partial charge in [-0.15, -0.1) is 0 Å². The predicted molar refractivity (Wildman–Crippen MR) is 108 cm³/mol. The number of unbranched alkanes of at least 4 members (excludes halogenated alkanes) is 2. The second-order valence-electron chi connectivity index (χ2n) is 6.86. The molecule has 0 aromatic heterocycles. The molecule has 0 bridgehead atoms. The SMILES string of the molecule is CCCCC=C[C@H](NC(=O)OCC1c2ccccc2-c2ccccc21)C(=O)O. The molecule has 0 heterocycles. The Morgan fingerprint density at radius 1 is 1.11 bits per heavy atom. The van der Waals surface area contributed by atoms with E-state index in [2.05, 4.69) is 24.4 Å². The zero-order valence-electron chi connectivity index (χ0n) is 15.9. The molecule has 1 amide bonds. The van der Waals surface area contributed by atoms with Gasteiger partial charge in [0.1, 0.15) is 12.6 Å². The molecule has 5 nitrogen and oxygen atoms in total. The van der Waals surface area contributed by atoms with Crippen LogP contribution in [0.3, 0.4) is 0 Å². The summed E-state index contributed by atoms with van der Waals surface area (Å²) in [7, 11) is 0. The minimum Gasteiger partial charge on any atom is -0.479 e. The highest BCUT2D eigenvalue weighted by atomic mass is 16.5. The lowest BCUT2D eigenvalue weighted by atomic mass is 9.98. The van der Waals surface area contributed by atoms with Crippen molar-refractivity contribution in [1.82, 2.24) is 5.32 Å². The summed E-state index contributed by atoms with van der Waals surface area (Å²) in [6.07, 6.45) is 5.35. The number of alkyl carbamates (subject to hydrolysis) is 1. The van der Waals surface area contributed by atoms with Crippen LogP contribution in [-0.4, -0.2) is 29.8 Å². The van der Waals surface area contributed by atoms with E-state index < -0.39 is 18.1 Å². The van der Waals surface area contributed by atoms with Gasteiger partial charge in [-0.2, -0.15) is 0 Å². The predicted octanol–water partition coefficient (Wildman–Crippen LogP) is 4.72. The van der Waals surface area contributed by atoms with Crippen molar-refractivity contribution in [3.63, 3.8) is 0 Å². The molecule has 0 unspecified atom stereocenters. The molecule has 0 saturated heterocycles. The molecule has 2 aromatic rings. The average Bonchev–Trinajstić information content (AvgIpc) is 3.02. The van der Waals surface area contributed by atoms with Crippen molar-refractivity contribution in [2.75, 3.05) is 6.61 Å². The van der Waals surface area contributed by atoms with E-state index in [1.165, 1.54) is 6.08 Å². The molecule has 3 rings (SSSR count). The van der Waals surface area contributed by atoms with E-state index in [0.29, 0.717) is 0 Å². The standard InChI is InChI=1S/C23H25NO4/c1-2-3-4-5-14-21(22(25)26)24-23(27)28-15-20-18-12-8-6-10-16(18)17-11-7-9-13-19(17)20/h5-14,20-21H,2-4,15H2,1H3,(H,24,27)(H,25,26)/t21-/m0/s1. The molecule has 2 aromatic carbocycles. The van der Waals surface area contributed by atoms with Crippen LogP contribution in [0.4, 0.5) is 4.79 Å². The third-order valence-electron chi connectivity index (χ3n) is 4.94. The molecular formula is C23H25NO4. The maximum Gasteiger partial charge on any atom is 0.408 e. The van der Waals surface area contributed by atoms with Crippen molar-refractivity contribution in [3.8, 4) is 11.1 Å². The topological polar surface area (TPSA) is 75.6 Å². The highest BCUT2D eigenvalue weighted by Gasteiger charge is 2.29. The van der Waals surface area contributed by atoms with Gasteiger partial charge in [-0.25, -0.2) is 9.59 Å². The Morgan fingerprint density at radius 3 is 2.29 bits per heavy atom. The summed E-state index contributed by atoms with van der Waals surface area (Å²) < 4.78 is 5.40. The van der Waals surface area contributed by atoms with Crippen molar-refractivity contribution in [2.24, 2.45) is 0 Å². The minimum atomic E-state index is -1.11. The van der Waals surface area contributed by atoms with Crippen molar-refractivity contribution >= 4 is 12.1 Å². The van der Waals surface area contributed by atoms with E-state index in [4.69, 9.17) is 4.74 Å². The number of aliphatic carboxylic acids is 1. The molecule has 146 valence electrons. The number of carbonyl (C=O) groups excluding carboxylic acids is 1. The van der Waals surface area contributed by atoms with Crippen LogP contribution in [-0.2, 0) is 9.53 Å². The molecule has 2 N–H and O–H groups in total. The average molecular weight is 379 g/mol. The first-order valence-electron chi connectivity index (χ1n) is 9.62. The fourth-order valence-electron chi connectivity index (χ4n) is 3.51. The second-order valence-corrected chi connectivity index (χ2v) is 6.86. The summed E-state index contributed by atoms with van der Waals surface area (Å²) in [5.74, 6) is -1.16. The van der Waals surface area contributed by atoms with E-state index in [-0.39, 0.29) is 12.5 Å². The van der Waals surface area contributed by atoms with Crippen LogP contribution in [0.15, 0.2) is 60.7 Å². The number of carboxylic acids is 1. The highest BCUT2D eigenvalue weighted by Crippen LogP contribution is 2.44. The Kier molecular flexibility index (Phi) is 6.48. The first-order chi connectivity index (χ1) is 13.6. The van der Waals surface area contributed by atoms with Crippen molar-refractivity contribution in [3.05, 3.63) is 71.8 Å². The van der Waals surface area contributed by atoms with Gasteiger partial charge in [0, 0.05) is 5.92 Å². The summed E-state index contributed by atoms with van der Waals surface area (Å²) in [5, 5.41) is 11.7. The molecule has 0 saturated carbocycles. The number of benzene rings is 2. The normalized spacial score (nSPS) is 13.8.